The van der Waals surface area contributed by atoms with Crippen molar-refractivity contribution < 1.29 is 24.2 Å². The second kappa shape index (κ2) is 12.9. The van der Waals surface area contributed by atoms with Crippen LogP contribution >= 0.6 is 0 Å². The lowest BCUT2D eigenvalue weighted by Crippen LogP contribution is -2.53. The molecule has 2 aliphatic carbocycles. The van der Waals surface area contributed by atoms with E-state index in [0.717, 1.165) is 54.5 Å². The van der Waals surface area contributed by atoms with Crippen molar-refractivity contribution in [3.8, 4) is 5.75 Å². The number of aliphatic carboxylic acids is 1. The third-order valence-corrected chi connectivity index (χ3v) is 9.21. The van der Waals surface area contributed by atoms with Crippen LogP contribution in [0.1, 0.15) is 85.5 Å². The van der Waals surface area contributed by atoms with Crippen molar-refractivity contribution in [2.45, 2.75) is 70.7 Å². The van der Waals surface area contributed by atoms with Crippen LogP contribution in [-0.4, -0.2) is 45.7 Å². The first-order valence-electron chi connectivity index (χ1n) is 16.0. The second-order valence-corrected chi connectivity index (χ2v) is 13.1. The molecule has 3 aliphatic rings. The number of hydrogen-bond acceptors (Lipinski definition) is 5. The fourth-order valence-electron chi connectivity index (χ4n) is 7.24. The summed E-state index contributed by atoms with van der Waals surface area (Å²) in [5.41, 5.74) is 3.24. The zero-order chi connectivity index (χ0) is 31.6. The molecule has 45 heavy (non-hydrogen) atoms. The number of carbonyl (C=O) groups is 3. The van der Waals surface area contributed by atoms with Crippen LogP contribution in [0, 0.1) is 17.8 Å². The summed E-state index contributed by atoms with van der Waals surface area (Å²) in [7, 11) is 0. The highest BCUT2D eigenvalue weighted by molar-refractivity contribution is 6.46. The molecule has 0 bridgehead atoms. The van der Waals surface area contributed by atoms with Crippen LogP contribution in [0.4, 0.5) is 0 Å². The van der Waals surface area contributed by atoms with Crippen LogP contribution in [0.2, 0.25) is 0 Å². The molecule has 3 atom stereocenters. The Bertz CT molecular complexity index is 1550. The minimum Gasteiger partial charge on any atom is -0.489 e. The topological polar surface area (TPSA) is 108 Å². The molecule has 2 N–H and O–H groups in total. The minimum atomic E-state index is -0.956. The Morgan fingerprint density at radius 1 is 0.978 bits per heavy atom. The summed E-state index contributed by atoms with van der Waals surface area (Å²) < 4.78 is 6.00. The summed E-state index contributed by atoms with van der Waals surface area (Å²) >= 11 is 0. The van der Waals surface area contributed by atoms with Gasteiger partial charge in [-0.15, -0.1) is 0 Å². The van der Waals surface area contributed by atoms with E-state index in [2.05, 4.69) is 24.1 Å². The van der Waals surface area contributed by atoms with Crippen molar-refractivity contribution in [3.05, 3.63) is 101 Å². The maximum Gasteiger partial charge on any atom is 0.305 e. The van der Waals surface area contributed by atoms with Gasteiger partial charge in [0.1, 0.15) is 23.7 Å². The molecule has 3 aromatic carbocycles. The molecule has 234 valence electrons. The molecule has 3 aromatic rings. The molecular formula is C37H41N3O5. The van der Waals surface area contributed by atoms with Gasteiger partial charge in [-0.3, -0.25) is 19.4 Å². The van der Waals surface area contributed by atoms with Crippen LogP contribution in [0.25, 0.3) is 0 Å². The van der Waals surface area contributed by atoms with Gasteiger partial charge in [0.25, 0.3) is 11.8 Å². The Labute approximate surface area is 264 Å². The summed E-state index contributed by atoms with van der Waals surface area (Å²) in [6.07, 6.45) is 4.69. The predicted molar refractivity (Wildman–Crippen MR) is 172 cm³/mol. The van der Waals surface area contributed by atoms with Crippen molar-refractivity contribution in [1.29, 1.82) is 0 Å². The molecule has 0 aromatic heterocycles. The van der Waals surface area contributed by atoms with E-state index >= 15 is 0 Å². The lowest BCUT2D eigenvalue weighted by molar-refractivity contribution is -0.137. The van der Waals surface area contributed by atoms with Crippen molar-refractivity contribution in [2.24, 2.45) is 22.7 Å². The van der Waals surface area contributed by atoms with Crippen molar-refractivity contribution in [1.82, 2.24) is 10.2 Å². The molecule has 2 fully saturated rings. The Hall–Kier alpha value is -4.46. The van der Waals surface area contributed by atoms with E-state index < -0.39 is 11.6 Å². The highest BCUT2D eigenvalue weighted by Gasteiger charge is 2.55. The number of carboxylic acids is 1. The number of ether oxygens (including phenoxy) is 1. The maximum absolute atomic E-state index is 14.5. The maximum atomic E-state index is 14.5. The minimum absolute atomic E-state index is 0.0401. The first-order valence-corrected chi connectivity index (χ1v) is 16.0. The molecule has 1 aliphatic heterocycles. The van der Waals surface area contributed by atoms with Gasteiger partial charge in [0, 0.05) is 17.7 Å². The molecule has 2 saturated carbocycles. The van der Waals surface area contributed by atoms with E-state index in [9.17, 15) is 14.4 Å². The molecule has 1 spiro atoms. The standard InChI is InChI=1S/C37H41N3O5/c1-24-20-25(2)22-37(21-24)39-33(27-14-16-31(17-15-27)45-23-26-6-4-3-5-7-26)36(44)40(37)34(28-8-9-28)29-10-12-30(13-11-29)35(43)38-19-18-32(41)42/h3-7,10-17,24-25,28,34H,8-9,18-23H2,1-2H3,(H,38,43)(H,41,42)/t24?,25?,34-,37?/m1/s1. The van der Waals surface area contributed by atoms with Gasteiger partial charge in [-0.05, 0) is 97.4 Å². The average Bonchev–Trinajstić information content (AvgIpc) is 3.83. The second-order valence-electron chi connectivity index (χ2n) is 13.1. The van der Waals surface area contributed by atoms with Crippen molar-refractivity contribution in [2.75, 3.05) is 6.54 Å². The van der Waals surface area contributed by atoms with E-state index in [0.29, 0.717) is 35.6 Å². The van der Waals surface area contributed by atoms with Crippen LogP contribution < -0.4 is 10.1 Å². The number of aliphatic imine (C=N–C) groups is 1. The van der Waals surface area contributed by atoms with E-state index in [1.807, 2.05) is 66.7 Å². The third-order valence-electron chi connectivity index (χ3n) is 9.21. The molecule has 0 radical (unpaired) electrons. The highest BCUT2D eigenvalue weighted by atomic mass is 16.5. The van der Waals surface area contributed by atoms with Gasteiger partial charge in [-0.25, -0.2) is 0 Å². The van der Waals surface area contributed by atoms with Gasteiger partial charge in [0.15, 0.2) is 0 Å². The zero-order valence-corrected chi connectivity index (χ0v) is 25.9. The molecule has 0 saturated heterocycles. The SMILES string of the molecule is CC1CC(C)CC2(C1)N=C(c1ccc(OCc3ccccc3)cc1)C(=O)N2[C@@H](c1ccc(C(=O)NCCC(=O)O)cc1)C1CC1. The quantitative estimate of drug-likeness (QED) is 0.262. The number of amides is 2. The Kier molecular flexibility index (Phi) is 8.74. The fraction of sp³-hybridized carbons (Fsp3) is 0.405. The third kappa shape index (κ3) is 6.80. The number of nitrogens with one attached hydrogen (secondary N) is 1. The van der Waals surface area contributed by atoms with E-state index in [-0.39, 0.29) is 30.8 Å². The summed E-state index contributed by atoms with van der Waals surface area (Å²) in [6.45, 7) is 5.06. The van der Waals surface area contributed by atoms with Crippen LogP contribution in [-0.2, 0) is 16.2 Å². The van der Waals surface area contributed by atoms with Crippen molar-refractivity contribution in [3.63, 3.8) is 0 Å². The summed E-state index contributed by atoms with van der Waals surface area (Å²) in [6, 6.07) is 25.0. The number of benzene rings is 3. The van der Waals surface area contributed by atoms with Crippen LogP contribution in [0.5, 0.6) is 5.75 Å². The van der Waals surface area contributed by atoms with Gasteiger partial charge in [0.2, 0.25) is 0 Å². The summed E-state index contributed by atoms with van der Waals surface area (Å²) in [5, 5.41) is 11.5. The Balaban J connectivity index is 1.27. The van der Waals surface area contributed by atoms with Gasteiger partial charge in [-0.2, -0.15) is 0 Å². The Morgan fingerprint density at radius 2 is 1.64 bits per heavy atom. The van der Waals surface area contributed by atoms with E-state index in [4.69, 9.17) is 14.8 Å². The number of rotatable bonds is 11. The van der Waals surface area contributed by atoms with E-state index in [1.165, 1.54) is 0 Å². The van der Waals surface area contributed by atoms with Crippen molar-refractivity contribution >= 4 is 23.5 Å². The van der Waals surface area contributed by atoms with Gasteiger partial charge in [-0.1, -0.05) is 56.3 Å². The summed E-state index contributed by atoms with van der Waals surface area (Å²) in [5.74, 6) is 0.621. The normalized spacial score (nSPS) is 23.5. The van der Waals surface area contributed by atoms with Crippen LogP contribution in [0.15, 0.2) is 83.9 Å². The summed E-state index contributed by atoms with van der Waals surface area (Å²) in [4.78, 5) is 45.4. The smallest absolute Gasteiger partial charge is 0.305 e. The predicted octanol–water partition coefficient (Wildman–Crippen LogP) is 6.41. The molecule has 6 rings (SSSR count). The van der Waals surface area contributed by atoms with Crippen LogP contribution in [0.3, 0.4) is 0 Å². The monoisotopic (exact) mass is 607 g/mol. The first-order chi connectivity index (χ1) is 21.7. The Morgan fingerprint density at radius 3 is 2.27 bits per heavy atom. The highest BCUT2D eigenvalue weighted by Crippen LogP contribution is 2.53. The van der Waals surface area contributed by atoms with Gasteiger partial charge < -0.3 is 20.1 Å². The number of hydrogen-bond donors (Lipinski definition) is 2. The zero-order valence-electron chi connectivity index (χ0n) is 25.9. The lowest BCUT2D eigenvalue weighted by Gasteiger charge is -2.47. The fourth-order valence-corrected chi connectivity index (χ4v) is 7.24. The molecule has 2 amide bonds. The molecule has 2 unspecified atom stereocenters. The lowest BCUT2D eigenvalue weighted by atomic mass is 9.75. The average molecular weight is 608 g/mol. The molecule has 1 heterocycles. The molecular weight excluding hydrogens is 566 g/mol. The van der Waals surface area contributed by atoms with E-state index in [1.54, 1.807) is 12.1 Å². The van der Waals surface area contributed by atoms with Gasteiger partial charge >= 0.3 is 5.97 Å². The molecule has 8 heteroatoms. The number of carboxylic acid groups (broad SMARTS) is 1. The first kappa shape index (κ1) is 30.6. The van der Waals surface area contributed by atoms with Gasteiger partial charge in [0.05, 0.1) is 12.5 Å². The number of nitrogens with zero attached hydrogens (tertiary/aromatic N) is 2. The number of carbonyl (C=O) groups excluding carboxylic acids is 2. The molecule has 8 nitrogen and oxygen atoms in total. The largest absolute Gasteiger partial charge is 0.489 e.